The van der Waals surface area contributed by atoms with E-state index < -0.39 is 17.7 Å². The van der Waals surface area contributed by atoms with Crippen molar-refractivity contribution in [2.75, 3.05) is 19.6 Å². The Morgan fingerprint density at radius 2 is 1.65 bits per heavy atom. The van der Waals surface area contributed by atoms with Crippen LogP contribution in [-0.4, -0.2) is 42.3 Å². The number of carbonyl (C=O) groups excluding carboxylic acids is 1. The zero-order chi connectivity index (χ0) is 14.6. The van der Waals surface area contributed by atoms with Crippen LogP contribution in [-0.2, 0) is 9.53 Å². The van der Waals surface area contributed by atoms with Crippen molar-refractivity contribution in [2.45, 2.75) is 63.1 Å². The van der Waals surface area contributed by atoms with E-state index in [0.717, 1.165) is 25.9 Å². The summed E-state index contributed by atoms with van der Waals surface area (Å²) in [6.07, 6.45) is -0.251. The van der Waals surface area contributed by atoms with Crippen molar-refractivity contribution < 1.29 is 22.7 Å². The van der Waals surface area contributed by atoms with Crippen molar-refractivity contribution in [2.24, 2.45) is 0 Å². The number of likely N-dealkylation sites (tertiary alicyclic amines) is 1. The molecule has 0 unspecified atom stereocenters. The van der Waals surface area contributed by atoms with E-state index in [-0.39, 0.29) is 19.3 Å². The minimum absolute atomic E-state index is 0.0534. The molecule has 1 saturated heterocycles. The second-order valence-corrected chi connectivity index (χ2v) is 5.83. The molecule has 0 aromatic carbocycles. The van der Waals surface area contributed by atoms with Crippen LogP contribution in [0.4, 0.5) is 13.2 Å². The maximum atomic E-state index is 13.1. The van der Waals surface area contributed by atoms with Gasteiger partial charge in [0.15, 0.2) is 0 Å². The summed E-state index contributed by atoms with van der Waals surface area (Å²) in [5.74, 6) is -0.713. The van der Waals surface area contributed by atoms with E-state index in [1.165, 1.54) is 6.42 Å². The lowest BCUT2D eigenvalue weighted by Gasteiger charge is -2.32. The Labute approximate surface area is 117 Å². The Bertz CT molecular complexity index is 332. The molecule has 0 atom stereocenters. The number of halogens is 3. The number of esters is 1. The summed E-state index contributed by atoms with van der Waals surface area (Å²) < 4.78 is 44.1. The van der Waals surface area contributed by atoms with Gasteiger partial charge in [0, 0.05) is 6.54 Å². The molecule has 0 radical (unpaired) electrons. The van der Waals surface area contributed by atoms with Gasteiger partial charge in [0.25, 0.3) is 0 Å². The van der Waals surface area contributed by atoms with Crippen LogP contribution in [0.1, 0.15) is 51.4 Å². The largest absolute Gasteiger partial charge is 0.449 e. The third-order valence-corrected chi connectivity index (χ3v) is 4.32. The van der Waals surface area contributed by atoms with Crippen LogP contribution in [0.5, 0.6) is 0 Å². The summed E-state index contributed by atoms with van der Waals surface area (Å²) in [6.45, 7) is 2.36. The maximum absolute atomic E-state index is 13.1. The van der Waals surface area contributed by atoms with Gasteiger partial charge in [-0.2, -0.15) is 13.2 Å². The third-order valence-electron chi connectivity index (χ3n) is 4.32. The van der Waals surface area contributed by atoms with Gasteiger partial charge < -0.3 is 9.64 Å². The summed E-state index contributed by atoms with van der Waals surface area (Å²) in [5, 5.41) is 0. The average Bonchev–Trinajstić information content (AvgIpc) is 2.87. The monoisotopic (exact) mass is 293 g/mol. The zero-order valence-electron chi connectivity index (χ0n) is 11.7. The molecule has 3 nitrogen and oxygen atoms in total. The van der Waals surface area contributed by atoms with Gasteiger partial charge in [-0.25, -0.2) is 0 Å². The SMILES string of the molecule is O=C(CCN1CCCCC1)OC1(C(F)(F)F)CCCC1. The molecule has 2 fully saturated rings. The van der Waals surface area contributed by atoms with Gasteiger partial charge in [-0.1, -0.05) is 6.42 Å². The number of carbonyl (C=O) groups is 1. The molecular formula is C14H22F3NO2. The van der Waals surface area contributed by atoms with Crippen molar-refractivity contribution in [3.63, 3.8) is 0 Å². The molecule has 1 aliphatic heterocycles. The van der Waals surface area contributed by atoms with Gasteiger partial charge in [-0.05, 0) is 51.6 Å². The highest BCUT2D eigenvalue weighted by Crippen LogP contribution is 2.45. The molecule has 0 aromatic heterocycles. The lowest BCUT2D eigenvalue weighted by molar-refractivity contribution is -0.267. The van der Waals surface area contributed by atoms with E-state index in [0.29, 0.717) is 19.4 Å². The Kier molecular flexibility index (Phi) is 4.94. The molecule has 0 N–H and O–H groups in total. The quantitative estimate of drug-likeness (QED) is 0.745. The van der Waals surface area contributed by atoms with Crippen LogP contribution < -0.4 is 0 Å². The fourth-order valence-corrected chi connectivity index (χ4v) is 3.09. The Hall–Kier alpha value is -0.780. The van der Waals surface area contributed by atoms with E-state index in [1.807, 2.05) is 0 Å². The molecule has 0 aromatic rings. The Morgan fingerprint density at radius 1 is 1.05 bits per heavy atom. The summed E-state index contributed by atoms with van der Waals surface area (Å²) in [6, 6.07) is 0. The molecule has 20 heavy (non-hydrogen) atoms. The van der Waals surface area contributed by atoms with Gasteiger partial charge in [0.05, 0.1) is 6.42 Å². The van der Waals surface area contributed by atoms with Gasteiger partial charge in [0.2, 0.25) is 5.60 Å². The van der Waals surface area contributed by atoms with Crippen molar-refractivity contribution in [1.29, 1.82) is 0 Å². The van der Waals surface area contributed by atoms with Crippen LogP contribution in [0.25, 0.3) is 0 Å². The van der Waals surface area contributed by atoms with Gasteiger partial charge in [0.1, 0.15) is 0 Å². The van der Waals surface area contributed by atoms with Crippen LogP contribution >= 0.6 is 0 Å². The fourth-order valence-electron chi connectivity index (χ4n) is 3.09. The zero-order valence-corrected chi connectivity index (χ0v) is 11.7. The highest BCUT2D eigenvalue weighted by Gasteiger charge is 2.59. The highest BCUT2D eigenvalue weighted by atomic mass is 19.4. The second kappa shape index (κ2) is 6.33. The number of alkyl halides is 3. The summed E-state index contributed by atoms with van der Waals surface area (Å²) >= 11 is 0. The predicted octanol–water partition coefficient (Wildman–Crippen LogP) is 3.28. The number of rotatable bonds is 4. The van der Waals surface area contributed by atoms with Crippen molar-refractivity contribution in [1.82, 2.24) is 4.90 Å². The summed E-state index contributed by atoms with van der Waals surface area (Å²) in [4.78, 5) is 13.9. The number of ether oxygens (including phenoxy) is 1. The van der Waals surface area contributed by atoms with Crippen LogP contribution in [0.15, 0.2) is 0 Å². The van der Waals surface area contributed by atoms with Crippen LogP contribution in [0, 0.1) is 0 Å². The number of nitrogens with zero attached hydrogens (tertiary/aromatic N) is 1. The molecule has 1 aliphatic carbocycles. The lowest BCUT2D eigenvalue weighted by Crippen LogP contribution is -2.47. The predicted molar refractivity (Wildman–Crippen MR) is 68.3 cm³/mol. The molecule has 0 bridgehead atoms. The van der Waals surface area contributed by atoms with E-state index in [9.17, 15) is 18.0 Å². The molecule has 1 saturated carbocycles. The molecule has 1 heterocycles. The third kappa shape index (κ3) is 3.65. The van der Waals surface area contributed by atoms with Crippen molar-refractivity contribution in [3.05, 3.63) is 0 Å². The first-order valence-corrected chi connectivity index (χ1v) is 7.44. The fraction of sp³-hybridized carbons (Fsp3) is 0.929. The minimum Gasteiger partial charge on any atom is -0.449 e. The lowest BCUT2D eigenvalue weighted by atomic mass is 10.0. The molecule has 6 heteroatoms. The molecule has 2 rings (SSSR count). The molecule has 116 valence electrons. The Balaban J connectivity index is 1.83. The average molecular weight is 293 g/mol. The van der Waals surface area contributed by atoms with Crippen molar-refractivity contribution >= 4 is 5.97 Å². The van der Waals surface area contributed by atoms with Gasteiger partial charge in [-0.15, -0.1) is 0 Å². The summed E-state index contributed by atoms with van der Waals surface area (Å²) in [5.41, 5.74) is -2.22. The van der Waals surface area contributed by atoms with Crippen LogP contribution in [0.2, 0.25) is 0 Å². The second-order valence-electron chi connectivity index (χ2n) is 5.83. The summed E-state index contributed by atoms with van der Waals surface area (Å²) in [7, 11) is 0. The number of hydrogen-bond donors (Lipinski definition) is 0. The number of piperidine rings is 1. The number of hydrogen-bond acceptors (Lipinski definition) is 3. The van der Waals surface area contributed by atoms with E-state index in [1.54, 1.807) is 0 Å². The smallest absolute Gasteiger partial charge is 0.428 e. The maximum Gasteiger partial charge on any atom is 0.428 e. The highest BCUT2D eigenvalue weighted by molar-refractivity contribution is 5.70. The topological polar surface area (TPSA) is 29.5 Å². The first-order valence-electron chi connectivity index (χ1n) is 7.44. The van der Waals surface area contributed by atoms with E-state index in [4.69, 9.17) is 4.74 Å². The molecular weight excluding hydrogens is 271 g/mol. The van der Waals surface area contributed by atoms with Crippen LogP contribution in [0.3, 0.4) is 0 Å². The normalized spacial score (nSPS) is 23.8. The van der Waals surface area contributed by atoms with Crippen molar-refractivity contribution in [3.8, 4) is 0 Å². The van der Waals surface area contributed by atoms with Gasteiger partial charge in [-0.3, -0.25) is 4.79 Å². The van der Waals surface area contributed by atoms with Gasteiger partial charge >= 0.3 is 12.1 Å². The first-order chi connectivity index (χ1) is 9.43. The molecule has 0 amide bonds. The molecule has 2 aliphatic rings. The Morgan fingerprint density at radius 3 is 2.20 bits per heavy atom. The first kappa shape index (κ1) is 15.6. The minimum atomic E-state index is -4.45. The van der Waals surface area contributed by atoms with E-state index >= 15 is 0 Å². The van der Waals surface area contributed by atoms with E-state index in [2.05, 4.69) is 4.90 Å². The molecule has 0 spiro atoms. The standard InChI is InChI=1S/C14H22F3NO2/c15-14(16,17)13(7-2-3-8-13)20-12(19)6-11-18-9-4-1-5-10-18/h1-11H2.